The van der Waals surface area contributed by atoms with Crippen molar-refractivity contribution < 1.29 is 19.1 Å². The van der Waals surface area contributed by atoms with Gasteiger partial charge in [0.15, 0.2) is 0 Å². The van der Waals surface area contributed by atoms with Gasteiger partial charge in [-0.15, -0.1) is 0 Å². The predicted octanol–water partition coefficient (Wildman–Crippen LogP) is 3.66. The first-order valence-corrected chi connectivity index (χ1v) is 11.1. The van der Waals surface area contributed by atoms with Gasteiger partial charge in [0.2, 0.25) is 5.91 Å². The third kappa shape index (κ3) is 4.40. The van der Waals surface area contributed by atoms with Crippen molar-refractivity contribution in [1.82, 2.24) is 10.2 Å². The molecule has 0 spiro atoms. The van der Waals surface area contributed by atoms with E-state index in [-0.39, 0.29) is 17.9 Å². The molecule has 1 aliphatic heterocycles. The number of carbonyl (C=O) groups excluding carboxylic acids is 1. The molecule has 1 aromatic carbocycles. The van der Waals surface area contributed by atoms with Crippen LogP contribution in [0.3, 0.4) is 0 Å². The van der Waals surface area contributed by atoms with E-state index < -0.39 is 5.60 Å². The molecule has 0 unspecified atom stereocenters. The number of furan rings is 1. The third-order valence-corrected chi connectivity index (χ3v) is 6.60. The van der Waals surface area contributed by atoms with Crippen molar-refractivity contribution in [3.63, 3.8) is 0 Å². The number of amides is 1. The van der Waals surface area contributed by atoms with Gasteiger partial charge in [-0.25, -0.2) is 0 Å². The average Bonchev–Trinajstić information content (AvgIpc) is 3.27. The number of para-hydroxylation sites is 1. The number of hydrogen-bond donors (Lipinski definition) is 2. The second-order valence-electron chi connectivity index (χ2n) is 8.45. The molecular weight excluding hydrogens is 380 g/mol. The van der Waals surface area contributed by atoms with Crippen molar-refractivity contribution in [3.8, 4) is 5.75 Å². The lowest BCUT2D eigenvalue weighted by Crippen LogP contribution is -2.56. The van der Waals surface area contributed by atoms with Gasteiger partial charge in [-0.05, 0) is 44.4 Å². The van der Waals surface area contributed by atoms with Gasteiger partial charge in [0.25, 0.3) is 0 Å². The molecule has 1 aliphatic carbocycles. The van der Waals surface area contributed by atoms with Crippen LogP contribution in [-0.2, 0) is 11.3 Å². The highest BCUT2D eigenvalue weighted by atomic mass is 16.5. The topological polar surface area (TPSA) is 74.9 Å². The molecule has 6 heteroatoms. The molecule has 2 aromatic rings. The Bertz CT molecular complexity index is 837. The van der Waals surface area contributed by atoms with Crippen LogP contribution >= 0.6 is 0 Å². The maximum absolute atomic E-state index is 12.7. The minimum atomic E-state index is -0.663. The van der Waals surface area contributed by atoms with Crippen molar-refractivity contribution >= 4 is 5.91 Å². The molecule has 2 N–H and O–H groups in total. The van der Waals surface area contributed by atoms with Gasteiger partial charge in [0.1, 0.15) is 11.5 Å². The summed E-state index contributed by atoms with van der Waals surface area (Å²) < 4.78 is 11.2. The van der Waals surface area contributed by atoms with E-state index in [4.69, 9.17) is 9.15 Å². The minimum Gasteiger partial charge on any atom is -0.494 e. The Hall–Kier alpha value is -2.31. The summed E-state index contributed by atoms with van der Waals surface area (Å²) in [4.78, 5) is 15.0. The molecule has 2 heterocycles. The molecule has 2 fully saturated rings. The van der Waals surface area contributed by atoms with Gasteiger partial charge in [0, 0.05) is 24.1 Å². The van der Waals surface area contributed by atoms with Crippen LogP contribution in [0.25, 0.3) is 0 Å². The summed E-state index contributed by atoms with van der Waals surface area (Å²) in [5.74, 6) is 1.65. The maximum atomic E-state index is 12.7. The van der Waals surface area contributed by atoms with E-state index in [9.17, 15) is 9.90 Å². The lowest BCUT2D eigenvalue weighted by atomic mass is 9.66. The largest absolute Gasteiger partial charge is 0.494 e. The fraction of sp³-hybridized carbons (Fsp3) is 0.542. The summed E-state index contributed by atoms with van der Waals surface area (Å²) >= 11 is 0. The van der Waals surface area contributed by atoms with E-state index in [0.29, 0.717) is 32.7 Å². The van der Waals surface area contributed by atoms with Crippen LogP contribution < -0.4 is 10.1 Å². The molecule has 0 radical (unpaired) electrons. The molecule has 3 atom stereocenters. The highest BCUT2D eigenvalue weighted by molar-refractivity contribution is 5.78. The number of nitrogens with one attached hydrogen (secondary N) is 1. The fourth-order valence-corrected chi connectivity index (χ4v) is 5.18. The summed E-state index contributed by atoms with van der Waals surface area (Å²) in [5, 5.41) is 14.4. The van der Waals surface area contributed by atoms with E-state index in [1.165, 1.54) is 0 Å². The average molecular weight is 413 g/mol. The molecule has 0 bridgehead atoms. The van der Waals surface area contributed by atoms with Gasteiger partial charge in [-0.2, -0.15) is 0 Å². The molecule has 6 nitrogen and oxygen atoms in total. The second-order valence-corrected chi connectivity index (χ2v) is 8.45. The highest BCUT2D eigenvalue weighted by Gasteiger charge is 2.49. The maximum Gasteiger partial charge on any atom is 0.234 e. The van der Waals surface area contributed by atoms with Crippen molar-refractivity contribution in [2.75, 3.05) is 19.7 Å². The Morgan fingerprint density at radius 3 is 2.93 bits per heavy atom. The van der Waals surface area contributed by atoms with Crippen molar-refractivity contribution in [3.05, 3.63) is 54.0 Å². The third-order valence-electron chi connectivity index (χ3n) is 6.60. The number of benzene rings is 1. The normalized spacial score (nSPS) is 26.7. The molecular formula is C24H32N2O4. The Balaban J connectivity index is 1.57. The first-order valence-electron chi connectivity index (χ1n) is 11.1. The zero-order valence-electron chi connectivity index (χ0n) is 17.7. The van der Waals surface area contributed by atoms with Crippen molar-refractivity contribution in [2.24, 2.45) is 5.92 Å². The van der Waals surface area contributed by atoms with E-state index in [2.05, 4.69) is 16.3 Å². The lowest BCUT2D eigenvalue weighted by molar-refractivity contribution is -0.138. The fourth-order valence-electron chi connectivity index (χ4n) is 5.18. The van der Waals surface area contributed by atoms with Gasteiger partial charge < -0.3 is 19.6 Å². The number of aliphatic hydroxyl groups is 1. The molecule has 162 valence electrons. The first-order chi connectivity index (χ1) is 14.6. The number of piperidine rings is 1. The first kappa shape index (κ1) is 20.9. The van der Waals surface area contributed by atoms with Crippen LogP contribution in [0.5, 0.6) is 5.75 Å². The summed E-state index contributed by atoms with van der Waals surface area (Å²) in [6.45, 7) is 3.93. The van der Waals surface area contributed by atoms with E-state index in [1.807, 2.05) is 37.3 Å². The van der Waals surface area contributed by atoms with Crippen LogP contribution in [0.4, 0.5) is 0 Å². The smallest absolute Gasteiger partial charge is 0.234 e. The van der Waals surface area contributed by atoms with Crippen LogP contribution in [0.15, 0.2) is 47.1 Å². The Kier molecular flexibility index (Phi) is 6.44. The van der Waals surface area contributed by atoms with Gasteiger partial charge in [-0.3, -0.25) is 9.69 Å². The van der Waals surface area contributed by atoms with Crippen LogP contribution in [0.1, 0.15) is 56.4 Å². The lowest BCUT2D eigenvalue weighted by Gasteiger charge is -2.52. The second kappa shape index (κ2) is 9.23. The summed E-state index contributed by atoms with van der Waals surface area (Å²) in [7, 11) is 0. The summed E-state index contributed by atoms with van der Waals surface area (Å²) in [5.41, 5.74) is 0.409. The zero-order chi connectivity index (χ0) is 21.0. The number of carbonyl (C=O) groups is 1. The minimum absolute atomic E-state index is 0.0356. The van der Waals surface area contributed by atoms with Crippen LogP contribution in [0, 0.1) is 5.92 Å². The molecule has 1 saturated heterocycles. The number of rotatable bonds is 7. The van der Waals surface area contributed by atoms with Gasteiger partial charge >= 0.3 is 0 Å². The molecule has 1 aromatic heterocycles. The quantitative estimate of drug-likeness (QED) is 0.726. The number of fused-ring (bicyclic) bond motifs is 1. The SMILES string of the molecule is CCOc1ccccc1[C@@H]1[C@H]2CCCC[C@]2(O)CCN1CC(=O)NCc1ccco1. The van der Waals surface area contributed by atoms with Crippen molar-refractivity contribution in [1.29, 1.82) is 0 Å². The monoisotopic (exact) mass is 412 g/mol. The summed E-state index contributed by atoms with van der Waals surface area (Å²) in [6.07, 6.45) is 6.29. The zero-order valence-corrected chi connectivity index (χ0v) is 17.7. The molecule has 4 rings (SSSR count). The van der Waals surface area contributed by atoms with E-state index in [0.717, 1.165) is 42.8 Å². The number of hydrogen-bond acceptors (Lipinski definition) is 5. The Morgan fingerprint density at radius 2 is 2.13 bits per heavy atom. The van der Waals surface area contributed by atoms with E-state index in [1.54, 1.807) is 6.26 Å². The highest BCUT2D eigenvalue weighted by Crippen LogP contribution is 2.50. The molecule has 1 amide bonds. The molecule has 1 saturated carbocycles. The number of ether oxygens (including phenoxy) is 1. The van der Waals surface area contributed by atoms with Crippen molar-refractivity contribution in [2.45, 2.75) is 57.2 Å². The molecule has 30 heavy (non-hydrogen) atoms. The number of likely N-dealkylation sites (tertiary alicyclic amines) is 1. The Morgan fingerprint density at radius 1 is 1.27 bits per heavy atom. The van der Waals surface area contributed by atoms with Gasteiger partial charge in [0.05, 0.1) is 31.6 Å². The standard InChI is InChI=1S/C24H32N2O4/c1-2-29-21-11-4-3-9-19(21)23-20-10-5-6-12-24(20,28)13-14-26(23)17-22(27)25-16-18-8-7-15-30-18/h3-4,7-9,11,15,20,23,28H,2,5-6,10,12-14,16-17H2,1H3,(H,25,27)/t20-,23-,24+/m1/s1. The van der Waals surface area contributed by atoms with Crippen LogP contribution in [0.2, 0.25) is 0 Å². The molecule has 2 aliphatic rings. The number of nitrogens with zero attached hydrogens (tertiary/aromatic N) is 1. The predicted molar refractivity (Wildman–Crippen MR) is 114 cm³/mol. The summed E-state index contributed by atoms with van der Waals surface area (Å²) in [6, 6.07) is 11.7. The van der Waals surface area contributed by atoms with E-state index >= 15 is 0 Å². The Labute approximate surface area is 178 Å². The van der Waals surface area contributed by atoms with Crippen LogP contribution in [-0.4, -0.2) is 41.2 Å². The van der Waals surface area contributed by atoms with Gasteiger partial charge in [-0.1, -0.05) is 31.0 Å².